The van der Waals surface area contributed by atoms with E-state index in [1.54, 1.807) is 97.1 Å². The van der Waals surface area contributed by atoms with Gasteiger partial charge in [0.15, 0.2) is 0 Å². The number of fused-ring (bicyclic) bond motifs is 8. The molecular formula is C48H28N4O8Pt. The fourth-order valence-corrected chi connectivity index (χ4v) is 7.50. The molecule has 5 heterocycles. The third-order valence-corrected chi connectivity index (χ3v) is 10.2. The molecule has 61 heavy (non-hydrogen) atoms. The topological polar surface area (TPSA) is 203 Å². The molecule has 4 N–H and O–H groups in total. The molecule has 298 valence electrons. The van der Waals surface area contributed by atoms with E-state index in [2.05, 4.69) is 0 Å². The Kier molecular flexibility index (Phi) is 10.5. The summed E-state index contributed by atoms with van der Waals surface area (Å²) in [6, 6.07) is 32.8. The number of carboxylic acids is 4. The number of carboxylic acid groups (broad SMARTS) is 4. The molecule has 0 atom stereocenters. The van der Waals surface area contributed by atoms with Crippen molar-refractivity contribution in [2.75, 3.05) is 0 Å². The molecule has 0 saturated carbocycles. The van der Waals surface area contributed by atoms with Crippen LogP contribution in [0.25, 0.3) is 90.9 Å². The second-order valence-electron chi connectivity index (χ2n) is 13.9. The van der Waals surface area contributed by atoms with Gasteiger partial charge in [0.05, 0.1) is 45.0 Å². The van der Waals surface area contributed by atoms with E-state index in [9.17, 15) is 39.6 Å². The smallest absolute Gasteiger partial charge is 0.657 e. The fourth-order valence-electron chi connectivity index (χ4n) is 7.50. The van der Waals surface area contributed by atoms with Crippen LogP contribution < -0.4 is 9.97 Å². The molecule has 7 aromatic rings. The Labute approximate surface area is 360 Å². The van der Waals surface area contributed by atoms with E-state index < -0.39 is 23.9 Å². The third kappa shape index (κ3) is 7.48. The zero-order valence-corrected chi connectivity index (χ0v) is 33.7. The molecule has 0 saturated heterocycles. The largest absolute Gasteiger partial charge is 2.00 e. The molecule has 0 fully saturated rings. The van der Waals surface area contributed by atoms with Crippen molar-refractivity contribution in [2.45, 2.75) is 0 Å². The van der Waals surface area contributed by atoms with Gasteiger partial charge in [0, 0.05) is 0 Å². The molecule has 3 aromatic heterocycles. The Balaban J connectivity index is 0.00000514. The average Bonchev–Trinajstić information content (AvgIpc) is 4.09. The summed E-state index contributed by atoms with van der Waals surface area (Å²) in [5.41, 5.74) is 7.71. The monoisotopic (exact) mass is 983 g/mol. The van der Waals surface area contributed by atoms with E-state index in [1.165, 1.54) is 48.5 Å². The van der Waals surface area contributed by atoms with Crippen LogP contribution in [0.4, 0.5) is 0 Å². The van der Waals surface area contributed by atoms with Gasteiger partial charge in [-0.1, -0.05) is 72.8 Å². The van der Waals surface area contributed by atoms with Crippen LogP contribution >= 0.6 is 0 Å². The van der Waals surface area contributed by atoms with E-state index in [0.717, 1.165) is 0 Å². The first kappa shape index (κ1) is 39.9. The molecule has 4 aromatic carbocycles. The minimum absolute atomic E-state index is 0. The quantitative estimate of drug-likeness (QED) is 0.113. The Morgan fingerprint density at radius 2 is 0.590 bits per heavy atom. The van der Waals surface area contributed by atoms with Gasteiger partial charge in [-0.25, -0.2) is 29.1 Å². The minimum Gasteiger partial charge on any atom is -0.657 e. The molecule has 8 bridgehead atoms. The number of hydrogen-bond donors (Lipinski definition) is 4. The van der Waals surface area contributed by atoms with Gasteiger partial charge in [0.2, 0.25) is 0 Å². The van der Waals surface area contributed by atoms with Crippen molar-refractivity contribution in [1.29, 1.82) is 0 Å². The number of rotatable bonds is 8. The first-order valence-corrected chi connectivity index (χ1v) is 18.4. The van der Waals surface area contributed by atoms with Gasteiger partial charge in [-0.15, -0.1) is 22.1 Å². The maximum absolute atomic E-state index is 12.2. The van der Waals surface area contributed by atoms with Crippen molar-refractivity contribution in [3.05, 3.63) is 166 Å². The van der Waals surface area contributed by atoms with Crippen molar-refractivity contribution in [3.63, 3.8) is 0 Å². The standard InChI is InChI=1S/C48H30N4O8.Pt/c53-45(54)29-9-1-5-25(21-29)41-33-13-15-35(49-33)42(26-6-2-10-30(22-26)46(55)56)37-17-19-39(51-37)44(28-8-4-12-32(24-28)48(59)60)40-20-18-38(52-40)43(36-16-14-34(41)50-36)27-7-3-11-31(23-27)47(57)58;/h1-24H,(H6,49,50,51,52,53,54,55,56,57,58,59,60);/q;+2/p-2. The molecule has 0 spiro atoms. The predicted octanol–water partition coefficient (Wildman–Crippen LogP) is 9.37. The molecule has 13 heteroatoms. The normalized spacial score (nSPS) is 11.5. The molecule has 0 amide bonds. The summed E-state index contributed by atoms with van der Waals surface area (Å²) < 4.78 is 0. The van der Waals surface area contributed by atoms with Gasteiger partial charge >= 0.3 is 44.9 Å². The molecule has 2 aliphatic heterocycles. The summed E-state index contributed by atoms with van der Waals surface area (Å²) in [6.45, 7) is 0. The molecule has 0 radical (unpaired) electrons. The molecule has 12 nitrogen and oxygen atoms in total. The maximum atomic E-state index is 12.2. The number of hydrogen-bond acceptors (Lipinski definition) is 6. The van der Waals surface area contributed by atoms with Crippen molar-refractivity contribution < 1.29 is 60.7 Å². The van der Waals surface area contributed by atoms with E-state index in [-0.39, 0.29) is 43.3 Å². The third-order valence-electron chi connectivity index (χ3n) is 10.2. The van der Waals surface area contributed by atoms with Crippen LogP contribution in [-0.4, -0.2) is 54.3 Å². The van der Waals surface area contributed by atoms with Crippen molar-refractivity contribution >= 4 is 70.2 Å². The van der Waals surface area contributed by atoms with Gasteiger partial charge in [-0.05, 0) is 117 Å². The first-order chi connectivity index (χ1) is 29.0. The van der Waals surface area contributed by atoms with Crippen molar-refractivity contribution in [1.82, 2.24) is 19.9 Å². The van der Waals surface area contributed by atoms with Gasteiger partial charge < -0.3 is 30.4 Å². The molecule has 9 rings (SSSR count). The van der Waals surface area contributed by atoms with Gasteiger partial charge in [-0.3, -0.25) is 0 Å². The van der Waals surface area contributed by atoms with Crippen LogP contribution in [0, 0.1) is 0 Å². The van der Waals surface area contributed by atoms with E-state index in [4.69, 9.17) is 19.9 Å². The first-order valence-electron chi connectivity index (χ1n) is 18.4. The van der Waals surface area contributed by atoms with Gasteiger partial charge in [0.25, 0.3) is 0 Å². The second-order valence-corrected chi connectivity index (χ2v) is 13.9. The summed E-state index contributed by atoms with van der Waals surface area (Å²) in [7, 11) is 0. The summed E-state index contributed by atoms with van der Waals surface area (Å²) >= 11 is 0. The Hall–Kier alpha value is -7.95. The predicted molar refractivity (Wildman–Crippen MR) is 226 cm³/mol. The minimum atomic E-state index is -1.12. The average molecular weight is 984 g/mol. The number of carbonyl (C=O) groups is 4. The van der Waals surface area contributed by atoms with Crippen molar-refractivity contribution in [3.8, 4) is 44.5 Å². The Morgan fingerprint density at radius 1 is 0.361 bits per heavy atom. The zero-order chi connectivity index (χ0) is 41.7. The van der Waals surface area contributed by atoms with Gasteiger partial charge in [0.1, 0.15) is 0 Å². The van der Waals surface area contributed by atoms with Crippen LogP contribution in [-0.2, 0) is 21.1 Å². The number of aromatic nitrogens is 4. The van der Waals surface area contributed by atoms with Crippen LogP contribution in [0.15, 0.2) is 121 Å². The number of aromatic carboxylic acids is 4. The van der Waals surface area contributed by atoms with Crippen LogP contribution in [0.1, 0.15) is 64.2 Å². The molecular weight excluding hydrogens is 956 g/mol. The van der Waals surface area contributed by atoms with Gasteiger partial charge in [-0.2, -0.15) is 0 Å². The number of nitrogens with zero attached hydrogens (tertiary/aromatic N) is 4. The van der Waals surface area contributed by atoms with Crippen molar-refractivity contribution in [2.24, 2.45) is 0 Å². The zero-order valence-electron chi connectivity index (χ0n) is 31.4. The van der Waals surface area contributed by atoms with E-state index >= 15 is 0 Å². The summed E-state index contributed by atoms with van der Waals surface area (Å²) in [5.74, 6) is -4.49. The molecule has 0 aliphatic carbocycles. The maximum Gasteiger partial charge on any atom is 2.00 e. The summed E-state index contributed by atoms with van der Waals surface area (Å²) in [5, 5.41) is 39.8. The fraction of sp³-hybridized carbons (Fsp3) is 0. The number of benzene rings is 4. The molecule has 0 unspecified atom stereocenters. The molecule has 2 aliphatic rings. The van der Waals surface area contributed by atoms with Crippen LogP contribution in [0.5, 0.6) is 0 Å². The van der Waals surface area contributed by atoms with E-state index in [1.807, 2.05) is 0 Å². The van der Waals surface area contributed by atoms with Crippen LogP contribution in [0.3, 0.4) is 0 Å². The van der Waals surface area contributed by atoms with Crippen LogP contribution in [0.2, 0.25) is 0 Å². The SMILES string of the molecule is O=C(O)c1cccc(-c2c3nc(c(-c4cccc(C(=O)O)c4)c4ccc([n-]4)c(-c4cccc(C(=O)O)c4)c4nc(c(-c5cccc(C(=O)O)c5)c5ccc2[n-]5)C=C4)C=C3)c1.[Pt+2]. The second kappa shape index (κ2) is 16.0. The Bertz CT molecular complexity index is 2830. The summed E-state index contributed by atoms with van der Waals surface area (Å²) in [4.78, 5) is 69.1. The Morgan fingerprint density at radius 3 is 0.803 bits per heavy atom. The van der Waals surface area contributed by atoms with E-state index in [0.29, 0.717) is 89.4 Å². The summed E-state index contributed by atoms with van der Waals surface area (Å²) in [6.07, 6.45) is 7.10.